The van der Waals surface area contributed by atoms with Crippen LogP contribution in [0.3, 0.4) is 0 Å². The third kappa shape index (κ3) is 3.16. The van der Waals surface area contributed by atoms with Gasteiger partial charge in [-0.05, 0) is 51.5 Å². The third-order valence-electron chi connectivity index (χ3n) is 5.19. The molecule has 26 heavy (non-hydrogen) atoms. The Balaban J connectivity index is 1.89. The summed E-state index contributed by atoms with van der Waals surface area (Å²) in [4.78, 5) is 6.40. The second-order valence-electron chi connectivity index (χ2n) is 7.31. The fraction of sp³-hybridized carbons (Fsp3) is 0.400. The first-order valence-electron chi connectivity index (χ1n) is 8.55. The molecule has 1 aromatic carbocycles. The SMILES string of the molecule is C[C@@H]1N(c2ccc(C#N)c(Cl)c2)CC[C@@]1(O)c1ccc(C(C)(C)O)nc1. The molecule has 3 rings (SSSR count). The molecule has 0 aliphatic carbocycles. The molecule has 136 valence electrons. The summed E-state index contributed by atoms with van der Waals surface area (Å²) in [7, 11) is 0. The number of pyridine rings is 1. The van der Waals surface area contributed by atoms with Crippen molar-refractivity contribution in [3.63, 3.8) is 0 Å². The van der Waals surface area contributed by atoms with Crippen LogP contribution in [-0.4, -0.2) is 27.8 Å². The smallest absolute Gasteiger partial charge is 0.113 e. The molecule has 1 aromatic heterocycles. The molecule has 0 radical (unpaired) electrons. The number of rotatable bonds is 3. The van der Waals surface area contributed by atoms with Crippen LogP contribution in [0, 0.1) is 11.3 Å². The number of halogens is 1. The number of benzene rings is 1. The molecule has 1 fully saturated rings. The predicted molar refractivity (Wildman–Crippen MR) is 101 cm³/mol. The van der Waals surface area contributed by atoms with Gasteiger partial charge in [0.25, 0.3) is 0 Å². The molecule has 2 N–H and O–H groups in total. The highest BCUT2D eigenvalue weighted by molar-refractivity contribution is 6.32. The Morgan fingerprint density at radius 3 is 2.62 bits per heavy atom. The summed E-state index contributed by atoms with van der Waals surface area (Å²) in [5.74, 6) is 0. The van der Waals surface area contributed by atoms with Gasteiger partial charge in [-0.3, -0.25) is 4.98 Å². The van der Waals surface area contributed by atoms with Crippen LogP contribution in [0.4, 0.5) is 5.69 Å². The Morgan fingerprint density at radius 2 is 2.08 bits per heavy atom. The molecule has 1 saturated heterocycles. The van der Waals surface area contributed by atoms with Crippen LogP contribution in [0.5, 0.6) is 0 Å². The molecule has 1 aliphatic rings. The minimum absolute atomic E-state index is 0.193. The van der Waals surface area contributed by atoms with Crippen molar-refractivity contribution in [2.45, 2.75) is 44.4 Å². The van der Waals surface area contributed by atoms with E-state index < -0.39 is 11.2 Å². The van der Waals surface area contributed by atoms with Gasteiger partial charge < -0.3 is 15.1 Å². The number of nitrogens with zero attached hydrogens (tertiary/aromatic N) is 3. The van der Waals surface area contributed by atoms with Gasteiger partial charge in [0.05, 0.1) is 22.3 Å². The lowest BCUT2D eigenvalue weighted by atomic mass is 9.87. The largest absolute Gasteiger partial charge is 0.384 e. The summed E-state index contributed by atoms with van der Waals surface area (Å²) in [6, 6.07) is 10.7. The van der Waals surface area contributed by atoms with E-state index in [0.29, 0.717) is 29.2 Å². The summed E-state index contributed by atoms with van der Waals surface area (Å²) in [6.07, 6.45) is 2.19. The summed E-state index contributed by atoms with van der Waals surface area (Å²) in [6.45, 7) is 5.98. The van der Waals surface area contributed by atoms with Crippen molar-refractivity contribution in [2.75, 3.05) is 11.4 Å². The molecule has 0 unspecified atom stereocenters. The molecule has 0 spiro atoms. The van der Waals surface area contributed by atoms with Crippen molar-refractivity contribution in [1.82, 2.24) is 4.98 Å². The molecule has 1 aliphatic heterocycles. The van der Waals surface area contributed by atoms with Crippen LogP contribution in [0.1, 0.15) is 44.0 Å². The topological polar surface area (TPSA) is 80.4 Å². The summed E-state index contributed by atoms with van der Waals surface area (Å²) >= 11 is 6.16. The molecular weight excluding hydrogens is 350 g/mol. The van der Waals surface area contributed by atoms with Gasteiger partial charge in [-0.25, -0.2) is 0 Å². The number of aromatic nitrogens is 1. The quantitative estimate of drug-likeness (QED) is 0.865. The molecule has 2 atom stereocenters. The monoisotopic (exact) mass is 371 g/mol. The number of aliphatic hydroxyl groups is 2. The van der Waals surface area contributed by atoms with Crippen LogP contribution in [-0.2, 0) is 11.2 Å². The first kappa shape index (κ1) is 18.7. The van der Waals surface area contributed by atoms with Crippen LogP contribution >= 0.6 is 11.6 Å². The van der Waals surface area contributed by atoms with E-state index in [4.69, 9.17) is 16.9 Å². The fourth-order valence-electron chi connectivity index (χ4n) is 3.47. The Kier molecular flexibility index (Phi) is 4.70. The van der Waals surface area contributed by atoms with Crippen molar-refractivity contribution in [2.24, 2.45) is 0 Å². The van der Waals surface area contributed by atoms with Crippen LogP contribution in [0.2, 0.25) is 5.02 Å². The van der Waals surface area contributed by atoms with Gasteiger partial charge in [-0.15, -0.1) is 0 Å². The lowest BCUT2D eigenvalue weighted by molar-refractivity contribution is 0.0320. The van der Waals surface area contributed by atoms with Crippen molar-refractivity contribution >= 4 is 17.3 Å². The average molecular weight is 372 g/mol. The fourth-order valence-corrected chi connectivity index (χ4v) is 3.69. The zero-order chi connectivity index (χ0) is 19.1. The van der Waals surface area contributed by atoms with Crippen molar-refractivity contribution in [1.29, 1.82) is 5.26 Å². The number of hydrogen-bond donors (Lipinski definition) is 2. The first-order valence-corrected chi connectivity index (χ1v) is 8.92. The van der Waals surface area contributed by atoms with Crippen molar-refractivity contribution in [3.05, 3.63) is 58.4 Å². The Hall–Kier alpha value is -2.13. The number of anilines is 1. The highest BCUT2D eigenvalue weighted by Crippen LogP contribution is 2.40. The first-order chi connectivity index (χ1) is 12.2. The highest BCUT2D eigenvalue weighted by atomic mass is 35.5. The zero-order valence-corrected chi connectivity index (χ0v) is 15.8. The number of hydrogen-bond acceptors (Lipinski definition) is 5. The maximum absolute atomic E-state index is 11.3. The minimum atomic E-state index is -1.05. The summed E-state index contributed by atoms with van der Waals surface area (Å²) < 4.78 is 0. The van der Waals surface area contributed by atoms with E-state index in [2.05, 4.69) is 16.0 Å². The molecule has 2 aromatic rings. The van der Waals surface area contributed by atoms with Gasteiger partial charge >= 0.3 is 0 Å². The van der Waals surface area contributed by atoms with E-state index in [-0.39, 0.29) is 6.04 Å². The lowest BCUT2D eigenvalue weighted by Gasteiger charge is -2.33. The molecule has 6 heteroatoms. The van der Waals surface area contributed by atoms with E-state index in [1.54, 1.807) is 38.2 Å². The van der Waals surface area contributed by atoms with E-state index in [1.807, 2.05) is 19.1 Å². The van der Waals surface area contributed by atoms with E-state index in [0.717, 1.165) is 11.3 Å². The molecule has 5 nitrogen and oxygen atoms in total. The van der Waals surface area contributed by atoms with Gasteiger partial charge in [-0.2, -0.15) is 5.26 Å². The summed E-state index contributed by atoms with van der Waals surface area (Å²) in [5.41, 5.74) is 0.521. The van der Waals surface area contributed by atoms with Crippen molar-refractivity contribution in [3.8, 4) is 6.07 Å². The van der Waals surface area contributed by atoms with Gasteiger partial charge in [0.1, 0.15) is 17.3 Å². The maximum Gasteiger partial charge on any atom is 0.113 e. The second-order valence-corrected chi connectivity index (χ2v) is 7.72. The second kappa shape index (κ2) is 6.55. The molecule has 2 heterocycles. The van der Waals surface area contributed by atoms with Gasteiger partial charge in [0.15, 0.2) is 0 Å². The molecule has 0 saturated carbocycles. The molecule has 0 amide bonds. The van der Waals surface area contributed by atoms with Gasteiger partial charge in [0, 0.05) is 24.0 Å². The maximum atomic E-state index is 11.3. The zero-order valence-electron chi connectivity index (χ0n) is 15.1. The standard InChI is InChI=1S/C20H22ClN3O2/c1-13-20(26,15-5-7-18(23-12-15)19(2,3)25)8-9-24(13)16-6-4-14(11-22)17(21)10-16/h4-7,10,12-13,25-26H,8-9H2,1-3H3/t13-,20-/m0/s1. The minimum Gasteiger partial charge on any atom is -0.384 e. The Bertz CT molecular complexity index is 855. The van der Waals surface area contributed by atoms with Crippen LogP contribution in [0.15, 0.2) is 36.5 Å². The third-order valence-corrected chi connectivity index (χ3v) is 5.50. The predicted octanol–water partition coefficient (Wildman–Crippen LogP) is 3.32. The number of nitriles is 1. The van der Waals surface area contributed by atoms with Gasteiger partial charge in [0.2, 0.25) is 0 Å². The van der Waals surface area contributed by atoms with E-state index in [9.17, 15) is 10.2 Å². The Labute approximate surface area is 158 Å². The lowest BCUT2D eigenvalue weighted by Crippen LogP contribution is -2.40. The van der Waals surface area contributed by atoms with Crippen LogP contribution < -0.4 is 4.90 Å². The highest BCUT2D eigenvalue weighted by Gasteiger charge is 2.45. The van der Waals surface area contributed by atoms with E-state index >= 15 is 0 Å². The molecular formula is C20H22ClN3O2. The Morgan fingerprint density at radius 1 is 1.35 bits per heavy atom. The molecule has 0 bridgehead atoms. The van der Waals surface area contributed by atoms with Crippen molar-refractivity contribution < 1.29 is 10.2 Å². The summed E-state index contributed by atoms with van der Waals surface area (Å²) in [5, 5.41) is 30.8. The normalized spacial score (nSPS) is 23.1. The average Bonchev–Trinajstić information content (AvgIpc) is 2.91. The van der Waals surface area contributed by atoms with Gasteiger partial charge in [-0.1, -0.05) is 17.7 Å². The van der Waals surface area contributed by atoms with E-state index in [1.165, 1.54) is 0 Å². The van der Waals surface area contributed by atoms with Crippen LogP contribution in [0.25, 0.3) is 0 Å².